The Labute approximate surface area is 86.3 Å². The number of hydrogen-bond acceptors (Lipinski definition) is 1. The molecule has 0 bridgehead atoms. The van der Waals surface area contributed by atoms with Gasteiger partial charge in [0, 0.05) is 10.5 Å². The van der Waals surface area contributed by atoms with Crippen molar-refractivity contribution in [3.05, 3.63) is 28.5 Å². The van der Waals surface area contributed by atoms with E-state index in [4.69, 9.17) is 11.6 Å². The van der Waals surface area contributed by atoms with E-state index in [0.717, 1.165) is 12.1 Å². The molecule has 0 aliphatic rings. The predicted molar refractivity (Wildman–Crippen MR) is 56.1 cm³/mol. The molecule has 0 aliphatic heterocycles. The molecule has 3 heteroatoms. The molecular weight excluding hydrogens is 237 g/mol. The molecular formula is C9H11BrClN. The second-order valence-electron chi connectivity index (χ2n) is 2.92. The largest absolute Gasteiger partial charge is 0.241 e. The highest BCUT2D eigenvalue weighted by Crippen LogP contribution is 2.14. The first-order chi connectivity index (χ1) is 5.58. The summed E-state index contributed by atoms with van der Waals surface area (Å²) in [6.07, 6.45) is 0.989. The van der Waals surface area contributed by atoms with Crippen LogP contribution in [-0.4, -0.2) is 9.81 Å². The number of aromatic nitrogens is 1. The number of pyridine rings is 1. The Balaban J connectivity index is 2.85. The predicted octanol–water partition coefficient (Wildman–Crippen LogP) is 3.37. The topological polar surface area (TPSA) is 12.9 Å². The number of aryl methyl sites for hydroxylation is 1. The quantitative estimate of drug-likeness (QED) is 0.578. The van der Waals surface area contributed by atoms with Crippen LogP contribution in [0, 0.1) is 6.92 Å². The van der Waals surface area contributed by atoms with Crippen molar-refractivity contribution in [2.75, 3.05) is 0 Å². The lowest BCUT2D eigenvalue weighted by Gasteiger charge is -2.04. The SMILES string of the molecule is Cc1cc(CC(C)Br)cc(Cl)n1. The summed E-state index contributed by atoms with van der Waals surface area (Å²) in [6.45, 7) is 4.07. The van der Waals surface area contributed by atoms with Crippen molar-refractivity contribution in [3.63, 3.8) is 0 Å². The van der Waals surface area contributed by atoms with Crippen LogP contribution >= 0.6 is 27.5 Å². The van der Waals surface area contributed by atoms with Crippen LogP contribution in [0.5, 0.6) is 0 Å². The summed E-state index contributed by atoms with van der Waals surface area (Å²) in [5.74, 6) is 0. The van der Waals surface area contributed by atoms with Crippen LogP contribution in [0.1, 0.15) is 18.2 Å². The zero-order chi connectivity index (χ0) is 9.14. The summed E-state index contributed by atoms with van der Waals surface area (Å²) in [5, 5.41) is 0.582. The lowest BCUT2D eigenvalue weighted by molar-refractivity contribution is 0.950. The zero-order valence-electron chi connectivity index (χ0n) is 7.14. The standard InChI is InChI=1S/C9H11BrClN/c1-6(10)3-8-4-7(2)12-9(11)5-8/h4-6H,3H2,1-2H3. The van der Waals surface area contributed by atoms with Gasteiger partial charge in [0.05, 0.1) is 0 Å². The fourth-order valence-corrected chi connectivity index (χ4v) is 1.79. The molecule has 1 unspecified atom stereocenters. The molecule has 66 valence electrons. The van der Waals surface area contributed by atoms with E-state index < -0.39 is 0 Å². The number of alkyl halides is 1. The van der Waals surface area contributed by atoms with Gasteiger partial charge in [0.2, 0.25) is 0 Å². The zero-order valence-corrected chi connectivity index (χ0v) is 9.48. The fraction of sp³-hybridized carbons (Fsp3) is 0.444. The number of halogens is 2. The van der Waals surface area contributed by atoms with E-state index >= 15 is 0 Å². The van der Waals surface area contributed by atoms with Crippen molar-refractivity contribution in [2.45, 2.75) is 25.1 Å². The molecule has 0 spiro atoms. The van der Waals surface area contributed by atoms with Crippen LogP contribution in [0.2, 0.25) is 5.15 Å². The summed E-state index contributed by atoms with van der Waals surface area (Å²) in [4.78, 5) is 4.57. The second-order valence-corrected chi connectivity index (χ2v) is 4.87. The van der Waals surface area contributed by atoms with Crippen molar-refractivity contribution in [1.82, 2.24) is 4.98 Å². The molecule has 0 radical (unpaired) electrons. The fourth-order valence-electron chi connectivity index (χ4n) is 1.14. The van der Waals surface area contributed by atoms with Crippen LogP contribution in [0.4, 0.5) is 0 Å². The molecule has 1 atom stereocenters. The maximum absolute atomic E-state index is 5.81. The van der Waals surface area contributed by atoms with Gasteiger partial charge in [-0.05, 0) is 31.0 Å². The normalized spacial score (nSPS) is 13.0. The third kappa shape index (κ3) is 3.11. The Morgan fingerprint density at radius 2 is 2.25 bits per heavy atom. The molecule has 0 amide bonds. The third-order valence-electron chi connectivity index (χ3n) is 1.50. The number of hydrogen-bond donors (Lipinski definition) is 0. The van der Waals surface area contributed by atoms with Gasteiger partial charge in [-0.3, -0.25) is 0 Å². The third-order valence-corrected chi connectivity index (χ3v) is 2.02. The maximum atomic E-state index is 5.81. The molecule has 1 nitrogen and oxygen atoms in total. The lowest BCUT2D eigenvalue weighted by Crippen LogP contribution is -1.97. The molecule has 0 N–H and O–H groups in total. The van der Waals surface area contributed by atoms with E-state index in [9.17, 15) is 0 Å². The molecule has 12 heavy (non-hydrogen) atoms. The van der Waals surface area contributed by atoms with E-state index in [1.165, 1.54) is 5.56 Å². The monoisotopic (exact) mass is 247 g/mol. The first-order valence-corrected chi connectivity index (χ1v) is 5.14. The van der Waals surface area contributed by atoms with E-state index in [1.807, 2.05) is 13.0 Å². The van der Waals surface area contributed by atoms with Gasteiger partial charge in [-0.1, -0.05) is 34.5 Å². The van der Waals surface area contributed by atoms with Crippen LogP contribution in [0.15, 0.2) is 12.1 Å². The van der Waals surface area contributed by atoms with E-state index in [2.05, 4.69) is 33.9 Å². The van der Waals surface area contributed by atoms with Crippen LogP contribution in [-0.2, 0) is 6.42 Å². The van der Waals surface area contributed by atoms with Crippen molar-refractivity contribution in [2.24, 2.45) is 0 Å². The molecule has 1 aromatic rings. The Morgan fingerprint density at radius 3 is 2.75 bits per heavy atom. The van der Waals surface area contributed by atoms with Crippen molar-refractivity contribution < 1.29 is 0 Å². The Hall–Kier alpha value is -0.0800. The highest BCUT2D eigenvalue weighted by Gasteiger charge is 2.01. The highest BCUT2D eigenvalue weighted by molar-refractivity contribution is 9.09. The summed E-state index contributed by atoms with van der Waals surface area (Å²) >= 11 is 9.30. The molecule has 0 aromatic carbocycles. The molecule has 0 aliphatic carbocycles. The van der Waals surface area contributed by atoms with E-state index in [1.54, 1.807) is 0 Å². The average molecular weight is 249 g/mol. The minimum Gasteiger partial charge on any atom is -0.241 e. The molecule has 0 saturated heterocycles. The van der Waals surface area contributed by atoms with Crippen molar-refractivity contribution >= 4 is 27.5 Å². The lowest BCUT2D eigenvalue weighted by atomic mass is 10.1. The van der Waals surface area contributed by atoms with Gasteiger partial charge in [0.25, 0.3) is 0 Å². The van der Waals surface area contributed by atoms with Gasteiger partial charge >= 0.3 is 0 Å². The second kappa shape index (κ2) is 4.24. The highest BCUT2D eigenvalue weighted by atomic mass is 79.9. The van der Waals surface area contributed by atoms with E-state index in [-0.39, 0.29) is 0 Å². The van der Waals surface area contributed by atoms with E-state index in [0.29, 0.717) is 9.98 Å². The van der Waals surface area contributed by atoms with Gasteiger partial charge < -0.3 is 0 Å². The Bertz CT molecular complexity index is 253. The van der Waals surface area contributed by atoms with Crippen LogP contribution in [0.3, 0.4) is 0 Å². The summed E-state index contributed by atoms with van der Waals surface area (Å²) in [5.41, 5.74) is 2.21. The maximum Gasteiger partial charge on any atom is 0.129 e. The van der Waals surface area contributed by atoms with Gasteiger partial charge in [0.1, 0.15) is 5.15 Å². The first kappa shape index (κ1) is 10.0. The minimum atomic E-state index is 0.482. The minimum absolute atomic E-state index is 0.482. The van der Waals surface area contributed by atoms with Gasteiger partial charge in [0.15, 0.2) is 0 Å². The van der Waals surface area contributed by atoms with Gasteiger partial charge in [-0.2, -0.15) is 0 Å². The molecule has 1 aromatic heterocycles. The van der Waals surface area contributed by atoms with Gasteiger partial charge in [-0.25, -0.2) is 4.98 Å². The molecule has 1 heterocycles. The summed E-state index contributed by atoms with van der Waals surface area (Å²) in [6, 6.07) is 3.97. The Morgan fingerprint density at radius 1 is 1.58 bits per heavy atom. The summed E-state index contributed by atoms with van der Waals surface area (Å²) in [7, 11) is 0. The number of nitrogens with zero attached hydrogens (tertiary/aromatic N) is 1. The van der Waals surface area contributed by atoms with Crippen molar-refractivity contribution in [3.8, 4) is 0 Å². The van der Waals surface area contributed by atoms with Crippen LogP contribution in [0.25, 0.3) is 0 Å². The number of rotatable bonds is 2. The Kier molecular flexibility index (Phi) is 3.53. The summed E-state index contributed by atoms with van der Waals surface area (Å²) < 4.78 is 0. The van der Waals surface area contributed by atoms with Crippen LogP contribution < -0.4 is 0 Å². The first-order valence-electron chi connectivity index (χ1n) is 3.85. The molecule has 1 rings (SSSR count). The van der Waals surface area contributed by atoms with Gasteiger partial charge in [-0.15, -0.1) is 0 Å². The molecule has 0 saturated carbocycles. The average Bonchev–Trinajstić information content (AvgIpc) is 1.81. The molecule has 0 fully saturated rings. The smallest absolute Gasteiger partial charge is 0.129 e. The van der Waals surface area contributed by atoms with Crippen molar-refractivity contribution in [1.29, 1.82) is 0 Å².